The first-order valence-corrected chi connectivity index (χ1v) is 6.86. The number of hydrogen-bond acceptors (Lipinski definition) is 3. The molecule has 0 aliphatic carbocycles. The van der Waals surface area contributed by atoms with E-state index in [4.69, 9.17) is 0 Å². The van der Waals surface area contributed by atoms with E-state index in [1.54, 1.807) is 6.20 Å². The second kappa shape index (κ2) is 5.98. The Balaban J connectivity index is 2.92. The number of rotatable bonds is 6. The zero-order valence-corrected chi connectivity index (χ0v) is 12.6. The SMILES string of the molecule is CCCNCC(C)(O)c1c(Br)cnn1C(C)C. The van der Waals surface area contributed by atoms with Crippen LogP contribution in [0.4, 0.5) is 0 Å². The summed E-state index contributed by atoms with van der Waals surface area (Å²) in [6, 6.07) is 0.231. The first-order valence-electron chi connectivity index (χ1n) is 6.06. The molecule has 1 aromatic heterocycles. The molecule has 1 heterocycles. The summed E-state index contributed by atoms with van der Waals surface area (Å²) in [5.74, 6) is 0. The molecule has 0 fully saturated rings. The number of halogens is 1. The van der Waals surface area contributed by atoms with Gasteiger partial charge in [0.15, 0.2) is 0 Å². The third kappa shape index (κ3) is 3.53. The van der Waals surface area contributed by atoms with Gasteiger partial charge in [-0.1, -0.05) is 6.92 Å². The maximum absolute atomic E-state index is 10.6. The Morgan fingerprint density at radius 1 is 1.59 bits per heavy atom. The van der Waals surface area contributed by atoms with Crippen molar-refractivity contribution in [2.24, 2.45) is 0 Å². The van der Waals surface area contributed by atoms with E-state index in [9.17, 15) is 5.11 Å². The smallest absolute Gasteiger partial charge is 0.117 e. The van der Waals surface area contributed by atoms with Crippen LogP contribution >= 0.6 is 15.9 Å². The van der Waals surface area contributed by atoms with Crippen molar-refractivity contribution in [1.29, 1.82) is 0 Å². The monoisotopic (exact) mass is 303 g/mol. The maximum Gasteiger partial charge on any atom is 0.117 e. The Morgan fingerprint density at radius 3 is 2.76 bits per heavy atom. The molecule has 1 atom stereocenters. The van der Waals surface area contributed by atoms with Crippen molar-refractivity contribution in [3.63, 3.8) is 0 Å². The third-order valence-corrected chi connectivity index (χ3v) is 3.23. The highest BCUT2D eigenvalue weighted by Gasteiger charge is 2.30. The van der Waals surface area contributed by atoms with E-state index in [2.05, 4.69) is 47.1 Å². The first-order chi connectivity index (χ1) is 7.90. The van der Waals surface area contributed by atoms with Crippen molar-refractivity contribution in [2.45, 2.75) is 45.8 Å². The molecule has 0 saturated carbocycles. The zero-order chi connectivity index (χ0) is 13.1. The molecule has 5 heteroatoms. The van der Waals surface area contributed by atoms with Crippen LogP contribution in [0, 0.1) is 0 Å². The predicted octanol–water partition coefficient (Wildman–Crippen LogP) is 2.43. The number of nitrogens with one attached hydrogen (secondary N) is 1. The van der Waals surface area contributed by atoms with Crippen LogP contribution in [0.15, 0.2) is 10.7 Å². The molecular formula is C12H22BrN3O. The molecule has 0 aromatic carbocycles. The Labute approximate surface area is 112 Å². The molecular weight excluding hydrogens is 282 g/mol. The largest absolute Gasteiger partial charge is 0.382 e. The van der Waals surface area contributed by atoms with E-state index in [-0.39, 0.29) is 6.04 Å². The lowest BCUT2D eigenvalue weighted by molar-refractivity contribution is 0.0457. The summed E-state index contributed by atoms with van der Waals surface area (Å²) in [4.78, 5) is 0. The molecule has 0 amide bonds. The second-order valence-electron chi connectivity index (χ2n) is 4.83. The average Bonchev–Trinajstić information content (AvgIpc) is 2.61. The maximum atomic E-state index is 10.6. The molecule has 1 unspecified atom stereocenters. The normalized spacial score (nSPS) is 15.2. The highest BCUT2D eigenvalue weighted by Crippen LogP contribution is 2.29. The highest BCUT2D eigenvalue weighted by atomic mass is 79.9. The molecule has 1 rings (SSSR count). The summed E-state index contributed by atoms with van der Waals surface area (Å²) in [6.45, 7) is 9.46. The van der Waals surface area contributed by atoms with E-state index in [0.29, 0.717) is 6.54 Å². The van der Waals surface area contributed by atoms with Gasteiger partial charge in [-0.15, -0.1) is 0 Å². The lowest BCUT2D eigenvalue weighted by Gasteiger charge is -2.26. The number of aromatic nitrogens is 2. The van der Waals surface area contributed by atoms with E-state index in [0.717, 1.165) is 23.1 Å². The van der Waals surface area contributed by atoms with Crippen LogP contribution in [-0.4, -0.2) is 28.0 Å². The molecule has 0 aliphatic rings. The van der Waals surface area contributed by atoms with Crippen LogP contribution in [-0.2, 0) is 5.60 Å². The van der Waals surface area contributed by atoms with Gasteiger partial charge >= 0.3 is 0 Å². The zero-order valence-electron chi connectivity index (χ0n) is 11.0. The molecule has 0 bridgehead atoms. The summed E-state index contributed by atoms with van der Waals surface area (Å²) in [6.07, 6.45) is 2.80. The van der Waals surface area contributed by atoms with E-state index >= 15 is 0 Å². The van der Waals surface area contributed by atoms with Crippen LogP contribution in [0.5, 0.6) is 0 Å². The fourth-order valence-corrected chi connectivity index (χ4v) is 2.53. The fourth-order valence-electron chi connectivity index (χ4n) is 1.83. The van der Waals surface area contributed by atoms with Crippen LogP contribution in [0.3, 0.4) is 0 Å². The van der Waals surface area contributed by atoms with Crippen molar-refractivity contribution in [1.82, 2.24) is 15.1 Å². The Bertz CT molecular complexity index is 361. The quantitative estimate of drug-likeness (QED) is 0.794. The van der Waals surface area contributed by atoms with E-state index < -0.39 is 5.60 Å². The van der Waals surface area contributed by atoms with Gasteiger partial charge in [0.25, 0.3) is 0 Å². The van der Waals surface area contributed by atoms with Gasteiger partial charge in [-0.05, 0) is 49.7 Å². The van der Waals surface area contributed by atoms with Gasteiger partial charge in [-0.3, -0.25) is 4.68 Å². The van der Waals surface area contributed by atoms with Crippen molar-refractivity contribution < 1.29 is 5.11 Å². The summed E-state index contributed by atoms with van der Waals surface area (Å²) in [7, 11) is 0. The van der Waals surface area contributed by atoms with Gasteiger partial charge in [0.05, 0.1) is 16.4 Å². The lowest BCUT2D eigenvalue weighted by atomic mass is 10.0. The number of aliphatic hydroxyl groups is 1. The van der Waals surface area contributed by atoms with Crippen molar-refractivity contribution >= 4 is 15.9 Å². The summed E-state index contributed by atoms with van der Waals surface area (Å²) < 4.78 is 2.71. The molecule has 4 nitrogen and oxygen atoms in total. The number of hydrogen-bond donors (Lipinski definition) is 2. The van der Waals surface area contributed by atoms with Gasteiger partial charge in [0.1, 0.15) is 5.60 Å². The molecule has 0 saturated heterocycles. The minimum Gasteiger partial charge on any atom is -0.382 e. The minimum absolute atomic E-state index is 0.231. The van der Waals surface area contributed by atoms with Crippen molar-refractivity contribution in [3.8, 4) is 0 Å². The third-order valence-electron chi connectivity index (χ3n) is 2.65. The average molecular weight is 304 g/mol. The topological polar surface area (TPSA) is 50.1 Å². The molecule has 98 valence electrons. The Kier molecular flexibility index (Phi) is 5.16. The lowest BCUT2D eigenvalue weighted by Crippen LogP contribution is -2.38. The Morgan fingerprint density at radius 2 is 2.24 bits per heavy atom. The first kappa shape index (κ1) is 14.7. The molecule has 1 aromatic rings. The summed E-state index contributed by atoms with van der Waals surface area (Å²) in [5, 5.41) is 18.1. The molecule has 0 radical (unpaired) electrons. The number of nitrogens with zero attached hydrogens (tertiary/aromatic N) is 2. The molecule has 0 spiro atoms. The van der Waals surface area contributed by atoms with Gasteiger partial charge in [-0.25, -0.2) is 0 Å². The molecule has 2 N–H and O–H groups in total. The van der Waals surface area contributed by atoms with Crippen LogP contribution in [0.25, 0.3) is 0 Å². The van der Waals surface area contributed by atoms with E-state index in [1.807, 2.05) is 11.6 Å². The Hall–Kier alpha value is -0.390. The standard InChI is InChI=1S/C12H22BrN3O/c1-5-6-14-8-12(4,17)11-10(13)7-15-16(11)9(2)3/h7,9,14,17H,5-6,8H2,1-4H3. The predicted molar refractivity (Wildman–Crippen MR) is 73.0 cm³/mol. The van der Waals surface area contributed by atoms with Crippen LogP contribution in [0.1, 0.15) is 45.9 Å². The van der Waals surface area contributed by atoms with Gasteiger partial charge in [0.2, 0.25) is 0 Å². The van der Waals surface area contributed by atoms with E-state index in [1.165, 1.54) is 0 Å². The highest BCUT2D eigenvalue weighted by molar-refractivity contribution is 9.10. The van der Waals surface area contributed by atoms with Crippen molar-refractivity contribution in [3.05, 3.63) is 16.4 Å². The van der Waals surface area contributed by atoms with Gasteiger partial charge in [-0.2, -0.15) is 5.10 Å². The fraction of sp³-hybridized carbons (Fsp3) is 0.750. The van der Waals surface area contributed by atoms with Crippen molar-refractivity contribution in [2.75, 3.05) is 13.1 Å². The molecule has 0 aliphatic heterocycles. The van der Waals surface area contributed by atoms with Crippen LogP contribution < -0.4 is 5.32 Å². The van der Waals surface area contributed by atoms with Gasteiger partial charge < -0.3 is 10.4 Å². The summed E-state index contributed by atoms with van der Waals surface area (Å²) in [5.41, 5.74) is -0.0921. The second-order valence-corrected chi connectivity index (χ2v) is 5.68. The van der Waals surface area contributed by atoms with Crippen LogP contribution in [0.2, 0.25) is 0 Å². The molecule has 17 heavy (non-hydrogen) atoms. The summed E-state index contributed by atoms with van der Waals surface area (Å²) >= 11 is 3.46. The van der Waals surface area contributed by atoms with Gasteiger partial charge in [0, 0.05) is 12.6 Å². The minimum atomic E-state index is -0.922.